The van der Waals surface area contributed by atoms with E-state index in [0.717, 1.165) is 22.7 Å². The molecule has 0 atom stereocenters. The quantitative estimate of drug-likeness (QED) is 0.148. The molecule has 0 saturated heterocycles. The van der Waals surface area contributed by atoms with Crippen LogP contribution in [-0.4, -0.2) is 4.57 Å². The molecule has 0 bridgehead atoms. The molecule has 0 unspecified atom stereocenters. The van der Waals surface area contributed by atoms with Crippen LogP contribution in [0.25, 0.3) is 92.2 Å². The van der Waals surface area contributed by atoms with Gasteiger partial charge in [-0.05, 0) is 106 Å². The number of hydrogen-bond donors (Lipinski definition) is 0. The Labute approximate surface area is 370 Å². The number of aromatic nitrogens is 1. The second kappa shape index (κ2) is 15.5. The van der Waals surface area contributed by atoms with Crippen molar-refractivity contribution in [1.82, 2.24) is 4.57 Å². The topological polar surface area (TPSA) is 8.17 Å². The first-order valence-electron chi connectivity index (χ1n) is 21.5. The zero-order valence-electron chi connectivity index (χ0n) is 34.4. The number of thiophene rings is 1. The van der Waals surface area contributed by atoms with Gasteiger partial charge in [-0.3, -0.25) is 0 Å². The summed E-state index contributed by atoms with van der Waals surface area (Å²) in [4.78, 5) is 2.46. The molecule has 0 amide bonds. The smallest absolute Gasteiger partial charge is 0.0546 e. The molecule has 2 heterocycles. The fraction of sp³-hybridized carbons (Fsp3) is 0. The summed E-state index contributed by atoms with van der Waals surface area (Å²) in [6, 6.07) is 88.5. The van der Waals surface area contributed by atoms with Gasteiger partial charge in [0.1, 0.15) is 0 Å². The molecule has 296 valence electrons. The lowest BCUT2D eigenvalue weighted by atomic mass is 9.87. The third-order valence-corrected chi connectivity index (χ3v) is 13.6. The van der Waals surface area contributed by atoms with Crippen LogP contribution in [0.15, 0.2) is 243 Å². The molecule has 0 spiro atoms. The van der Waals surface area contributed by atoms with Crippen molar-refractivity contribution in [1.29, 1.82) is 0 Å². The third-order valence-electron chi connectivity index (χ3n) is 12.4. The Morgan fingerprint density at radius 1 is 0.317 bits per heavy atom. The fourth-order valence-corrected chi connectivity index (χ4v) is 10.6. The van der Waals surface area contributed by atoms with Crippen molar-refractivity contribution in [2.75, 3.05) is 4.90 Å². The lowest BCUT2D eigenvalue weighted by Crippen LogP contribution is -2.12. The molecule has 10 aromatic carbocycles. The van der Waals surface area contributed by atoms with Crippen molar-refractivity contribution in [3.8, 4) is 50.2 Å². The summed E-state index contributed by atoms with van der Waals surface area (Å²) in [5, 5.41) is 5.09. The van der Waals surface area contributed by atoms with Gasteiger partial charge >= 0.3 is 0 Å². The van der Waals surface area contributed by atoms with Crippen LogP contribution in [0.1, 0.15) is 0 Å². The molecule has 0 fully saturated rings. The molecule has 3 heteroatoms. The molecule has 0 aliphatic carbocycles. The standard InChI is InChI=1S/C60H40N2S/c1-3-16-43(17-4-1)48-20-7-8-24-53(48)60-49(44-18-5-2-6-19-44)25-15-28-57(60)61(47-38-39-59-54(40-47)52-23-11-14-29-58(52)63-59)45-34-30-41(31-35-45)42-32-36-46(37-33-42)62-55-26-12-9-21-50(55)51-22-10-13-27-56(51)62/h1-40H. The SMILES string of the molecule is c1ccc(-c2ccccc2-c2c(-c3ccccc3)cccc2N(c2ccc(-c3ccc(-n4c5ccccc5c5ccccc54)cc3)cc2)c2ccc3sc4ccccc4c3c2)cc1. The molecule has 0 aliphatic heterocycles. The van der Waals surface area contributed by atoms with Crippen molar-refractivity contribution in [3.05, 3.63) is 243 Å². The number of hydrogen-bond acceptors (Lipinski definition) is 2. The van der Waals surface area contributed by atoms with E-state index in [1.54, 1.807) is 0 Å². The van der Waals surface area contributed by atoms with Crippen molar-refractivity contribution in [3.63, 3.8) is 0 Å². The van der Waals surface area contributed by atoms with E-state index >= 15 is 0 Å². The molecule has 2 nitrogen and oxygen atoms in total. The summed E-state index contributed by atoms with van der Waals surface area (Å²) in [5.74, 6) is 0. The number of para-hydroxylation sites is 2. The van der Waals surface area contributed by atoms with Crippen LogP contribution >= 0.6 is 11.3 Å². The Balaban J connectivity index is 1.03. The lowest BCUT2D eigenvalue weighted by Gasteiger charge is -2.30. The normalized spacial score (nSPS) is 11.5. The van der Waals surface area contributed by atoms with Gasteiger partial charge in [-0.25, -0.2) is 0 Å². The van der Waals surface area contributed by atoms with E-state index in [1.165, 1.54) is 86.5 Å². The van der Waals surface area contributed by atoms with E-state index in [-0.39, 0.29) is 0 Å². The second-order valence-electron chi connectivity index (χ2n) is 16.1. The van der Waals surface area contributed by atoms with Crippen molar-refractivity contribution >= 4 is 70.4 Å². The first-order valence-corrected chi connectivity index (χ1v) is 22.3. The first-order chi connectivity index (χ1) is 31.3. The minimum absolute atomic E-state index is 1.09. The number of anilines is 3. The molecule has 12 rings (SSSR count). The number of rotatable bonds is 8. The molecule has 63 heavy (non-hydrogen) atoms. The van der Waals surface area contributed by atoms with Gasteiger partial charge in [0.15, 0.2) is 0 Å². The third kappa shape index (κ3) is 6.41. The van der Waals surface area contributed by atoms with Gasteiger partial charge in [-0.15, -0.1) is 11.3 Å². The average Bonchev–Trinajstić information content (AvgIpc) is 3.90. The van der Waals surface area contributed by atoms with Crippen LogP contribution in [0, 0.1) is 0 Å². The Morgan fingerprint density at radius 2 is 0.825 bits per heavy atom. The maximum absolute atomic E-state index is 2.46. The Kier molecular flexibility index (Phi) is 9.06. The minimum Gasteiger partial charge on any atom is -0.310 e. The molecule has 2 aromatic heterocycles. The highest BCUT2D eigenvalue weighted by Crippen LogP contribution is 2.49. The Bertz CT molecular complexity index is 3550. The number of nitrogens with zero attached hydrogens (tertiary/aromatic N) is 2. The molecular weight excluding hydrogens is 781 g/mol. The van der Waals surface area contributed by atoms with Crippen molar-refractivity contribution < 1.29 is 0 Å². The zero-order chi connectivity index (χ0) is 41.7. The van der Waals surface area contributed by atoms with Crippen molar-refractivity contribution in [2.24, 2.45) is 0 Å². The molecule has 12 aromatic rings. The van der Waals surface area contributed by atoms with Gasteiger partial charge in [0.25, 0.3) is 0 Å². The van der Waals surface area contributed by atoms with Crippen LogP contribution in [0.4, 0.5) is 17.1 Å². The van der Waals surface area contributed by atoms with Crippen LogP contribution in [-0.2, 0) is 0 Å². The van der Waals surface area contributed by atoms with Gasteiger partial charge in [0, 0.05) is 53.6 Å². The lowest BCUT2D eigenvalue weighted by molar-refractivity contribution is 1.18. The van der Waals surface area contributed by atoms with E-state index in [0.29, 0.717) is 0 Å². The predicted molar refractivity (Wildman–Crippen MR) is 270 cm³/mol. The highest BCUT2D eigenvalue weighted by Gasteiger charge is 2.23. The van der Waals surface area contributed by atoms with Gasteiger partial charge < -0.3 is 9.47 Å². The molecule has 0 aliphatic rings. The summed E-state index contributed by atoms with van der Waals surface area (Å²) in [5.41, 5.74) is 16.3. The van der Waals surface area contributed by atoms with E-state index in [4.69, 9.17) is 0 Å². The van der Waals surface area contributed by atoms with Gasteiger partial charge in [0.2, 0.25) is 0 Å². The summed E-state index contributed by atoms with van der Waals surface area (Å²) < 4.78 is 4.96. The van der Waals surface area contributed by atoms with Crippen LogP contribution in [0.3, 0.4) is 0 Å². The van der Waals surface area contributed by atoms with Gasteiger partial charge in [-0.1, -0.05) is 176 Å². The number of fused-ring (bicyclic) bond motifs is 6. The molecule has 0 saturated carbocycles. The number of benzene rings is 10. The average molecular weight is 821 g/mol. The highest BCUT2D eigenvalue weighted by molar-refractivity contribution is 7.25. The highest BCUT2D eigenvalue weighted by atomic mass is 32.1. The fourth-order valence-electron chi connectivity index (χ4n) is 9.53. The summed E-state index contributed by atoms with van der Waals surface area (Å²) in [6.07, 6.45) is 0. The van der Waals surface area contributed by atoms with E-state index in [9.17, 15) is 0 Å². The second-order valence-corrected chi connectivity index (χ2v) is 17.1. The van der Waals surface area contributed by atoms with E-state index in [1.807, 2.05) is 11.3 Å². The largest absolute Gasteiger partial charge is 0.310 e. The molecular formula is C60H40N2S. The summed E-state index contributed by atoms with van der Waals surface area (Å²) >= 11 is 1.85. The molecule has 0 N–H and O–H groups in total. The summed E-state index contributed by atoms with van der Waals surface area (Å²) in [6.45, 7) is 0. The van der Waals surface area contributed by atoms with Gasteiger partial charge in [-0.2, -0.15) is 0 Å². The Hall–Kier alpha value is -7.98. The molecule has 0 radical (unpaired) electrons. The zero-order valence-corrected chi connectivity index (χ0v) is 35.2. The first kappa shape index (κ1) is 36.8. The van der Waals surface area contributed by atoms with Crippen LogP contribution < -0.4 is 4.90 Å². The maximum atomic E-state index is 2.46. The Morgan fingerprint density at radius 3 is 1.51 bits per heavy atom. The van der Waals surface area contributed by atoms with E-state index < -0.39 is 0 Å². The van der Waals surface area contributed by atoms with Crippen LogP contribution in [0.5, 0.6) is 0 Å². The van der Waals surface area contributed by atoms with Crippen LogP contribution in [0.2, 0.25) is 0 Å². The maximum Gasteiger partial charge on any atom is 0.0546 e. The predicted octanol–water partition coefficient (Wildman–Crippen LogP) is 17.3. The van der Waals surface area contributed by atoms with E-state index in [2.05, 4.69) is 252 Å². The van der Waals surface area contributed by atoms with Crippen molar-refractivity contribution in [2.45, 2.75) is 0 Å². The van der Waals surface area contributed by atoms with Gasteiger partial charge in [0.05, 0.1) is 16.7 Å². The monoisotopic (exact) mass is 820 g/mol. The minimum atomic E-state index is 1.09. The summed E-state index contributed by atoms with van der Waals surface area (Å²) in [7, 11) is 0.